The van der Waals surface area contributed by atoms with Crippen LogP contribution in [0.1, 0.15) is 25.3 Å². The lowest BCUT2D eigenvalue weighted by Crippen LogP contribution is -2.47. The Balaban J connectivity index is 1.55. The number of ether oxygens (including phenoxy) is 2. The summed E-state index contributed by atoms with van der Waals surface area (Å²) in [4.78, 5) is 40.0. The Kier molecular flexibility index (Phi) is 12.7. The molecule has 2 N–H and O–H groups in total. The Morgan fingerprint density at radius 3 is 2.31 bits per heavy atom. The van der Waals surface area contributed by atoms with Crippen LogP contribution in [0.4, 0.5) is 16.2 Å². The highest BCUT2D eigenvalue weighted by molar-refractivity contribution is 6.50. The fourth-order valence-corrected chi connectivity index (χ4v) is 4.55. The first kappa shape index (κ1) is 28.8. The van der Waals surface area contributed by atoms with Gasteiger partial charge in [0.05, 0.1) is 6.42 Å². The van der Waals surface area contributed by atoms with Crippen LogP contribution in [0.5, 0.6) is 0 Å². The number of benzene rings is 1. The molecule has 10 nitrogen and oxygen atoms in total. The van der Waals surface area contributed by atoms with Gasteiger partial charge in [0.2, 0.25) is 14.9 Å². The molecule has 1 fully saturated rings. The molecule has 1 aromatic rings. The predicted octanol–water partition coefficient (Wildman–Crippen LogP) is 2.71. The zero-order valence-electron chi connectivity index (χ0n) is 21.4. The molecule has 1 heterocycles. The minimum Gasteiger partial charge on any atom is -0.462 e. The number of anilines is 2. The highest BCUT2D eigenvalue weighted by atomic mass is 28.3. The van der Waals surface area contributed by atoms with Gasteiger partial charge >= 0.3 is 12.1 Å². The molecule has 2 amide bonds. The van der Waals surface area contributed by atoms with Crippen LogP contribution >= 0.6 is 0 Å². The standard InChI is InChI=1S/C24H39N4O6Si/c1-19-6-7-21(25-20(2)29)18-22(19)26-24(31)34-16-15-33-23(30)8-10-28-13-11-27(12-14-28)9-5-17-35(4)32-3/h6-7,18H,5,8-17H2,1-4H3,(H,25,29)(H,26,31). The molecule has 11 heteroatoms. The lowest BCUT2D eigenvalue weighted by Gasteiger charge is -2.34. The smallest absolute Gasteiger partial charge is 0.411 e. The van der Waals surface area contributed by atoms with E-state index in [4.69, 9.17) is 13.9 Å². The van der Waals surface area contributed by atoms with Crippen LogP contribution in [0.2, 0.25) is 12.6 Å². The maximum Gasteiger partial charge on any atom is 0.411 e. The molecule has 1 aromatic carbocycles. The summed E-state index contributed by atoms with van der Waals surface area (Å²) in [6.07, 6.45) is 0.839. The first-order chi connectivity index (χ1) is 16.8. The zero-order valence-corrected chi connectivity index (χ0v) is 22.4. The second-order valence-corrected chi connectivity index (χ2v) is 10.9. The summed E-state index contributed by atoms with van der Waals surface area (Å²) in [6, 6.07) is 6.36. The normalized spacial score (nSPS) is 14.5. The van der Waals surface area contributed by atoms with Gasteiger partial charge in [-0.05, 0) is 50.2 Å². The van der Waals surface area contributed by atoms with Crippen molar-refractivity contribution in [2.45, 2.75) is 39.3 Å². The van der Waals surface area contributed by atoms with E-state index >= 15 is 0 Å². The first-order valence-electron chi connectivity index (χ1n) is 12.1. The van der Waals surface area contributed by atoms with Gasteiger partial charge in [-0.3, -0.25) is 14.9 Å². The van der Waals surface area contributed by atoms with Crippen LogP contribution in [0, 0.1) is 6.92 Å². The van der Waals surface area contributed by atoms with Crippen LogP contribution < -0.4 is 10.6 Å². The number of rotatable bonds is 13. The maximum absolute atomic E-state index is 12.0. The third-order valence-corrected chi connectivity index (χ3v) is 7.58. The van der Waals surface area contributed by atoms with Crippen molar-refractivity contribution < 1.29 is 28.3 Å². The number of carbonyl (C=O) groups is 3. The Labute approximate surface area is 210 Å². The summed E-state index contributed by atoms with van der Waals surface area (Å²) in [6.45, 7) is 11.1. The topological polar surface area (TPSA) is 109 Å². The highest BCUT2D eigenvalue weighted by Gasteiger charge is 2.18. The molecule has 0 atom stereocenters. The van der Waals surface area contributed by atoms with Gasteiger partial charge in [-0.25, -0.2) is 4.79 Å². The molecular formula is C24H39N4O6Si. The van der Waals surface area contributed by atoms with Crippen molar-refractivity contribution in [1.82, 2.24) is 9.80 Å². The fourth-order valence-electron chi connectivity index (χ4n) is 3.69. The average molecular weight is 508 g/mol. The Morgan fingerprint density at radius 1 is 1.00 bits per heavy atom. The number of hydrogen-bond acceptors (Lipinski definition) is 8. The van der Waals surface area contributed by atoms with Gasteiger partial charge in [-0.15, -0.1) is 0 Å². The molecular weight excluding hydrogens is 468 g/mol. The predicted molar refractivity (Wildman–Crippen MR) is 137 cm³/mol. The van der Waals surface area contributed by atoms with E-state index in [2.05, 4.69) is 27.0 Å². The lowest BCUT2D eigenvalue weighted by molar-refractivity contribution is -0.145. The zero-order chi connectivity index (χ0) is 25.6. The molecule has 0 saturated carbocycles. The van der Waals surface area contributed by atoms with E-state index in [9.17, 15) is 14.4 Å². The van der Waals surface area contributed by atoms with E-state index < -0.39 is 15.1 Å². The molecule has 0 spiro atoms. The van der Waals surface area contributed by atoms with Crippen molar-refractivity contribution in [1.29, 1.82) is 0 Å². The summed E-state index contributed by atoms with van der Waals surface area (Å²) < 4.78 is 15.7. The monoisotopic (exact) mass is 507 g/mol. The van der Waals surface area contributed by atoms with Gasteiger partial charge in [0.25, 0.3) is 0 Å². The summed E-state index contributed by atoms with van der Waals surface area (Å²) in [5, 5.41) is 5.30. The third-order valence-electron chi connectivity index (χ3n) is 5.82. The molecule has 35 heavy (non-hydrogen) atoms. The highest BCUT2D eigenvalue weighted by Crippen LogP contribution is 2.20. The van der Waals surface area contributed by atoms with Crippen molar-refractivity contribution >= 4 is 38.4 Å². The Hall–Kier alpha value is -2.47. The van der Waals surface area contributed by atoms with Crippen LogP contribution in [0.15, 0.2) is 18.2 Å². The largest absolute Gasteiger partial charge is 0.462 e. The molecule has 0 aromatic heterocycles. The minimum atomic E-state index is -0.652. The number of carbonyl (C=O) groups excluding carboxylic acids is 3. The van der Waals surface area contributed by atoms with Gasteiger partial charge in [-0.2, -0.15) is 0 Å². The van der Waals surface area contributed by atoms with Crippen molar-refractivity contribution in [2.75, 3.05) is 70.2 Å². The number of nitrogens with one attached hydrogen (secondary N) is 2. The average Bonchev–Trinajstić information content (AvgIpc) is 2.83. The van der Waals surface area contributed by atoms with E-state index in [0.717, 1.165) is 38.3 Å². The van der Waals surface area contributed by atoms with Gasteiger partial charge in [-0.1, -0.05) is 6.07 Å². The van der Waals surface area contributed by atoms with Crippen molar-refractivity contribution in [3.8, 4) is 0 Å². The number of amides is 2. The van der Waals surface area contributed by atoms with E-state index in [1.807, 2.05) is 6.92 Å². The molecule has 1 aliphatic heterocycles. The SMILES string of the molecule is CO[Si](C)CCCN1CCN(CCC(=O)OCCOC(=O)Nc2cc(NC(C)=O)ccc2C)CC1. The molecule has 195 valence electrons. The molecule has 1 radical (unpaired) electrons. The third kappa shape index (κ3) is 11.7. The summed E-state index contributed by atoms with van der Waals surface area (Å²) in [5.74, 6) is -0.497. The van der Waals surface area contributed by atoms with Gasteiger partial charge in [0.1, 0.15) is 13.2 Å². The summed E-state index contributed by atoms with van der Waals surface area (Å²) >= 11 is 0. The van der Waals surface area contributed by atoms with Crippen molar-refractivity contribution in [3.05, 3.63) is 23.8 Å². The number of hydrogen-bond donors (Lipinski definition) is 2. The first-order valence-corrected chi connectivity index (χ1v) is 14.2. The van der Waals surface area contributed by atoms with Crippen molar-refractivity contribution in [3.63, 3.8) is 0 Å². The summed E-state index contributed by atoms with van der Waals surface area (Å²) in [7, 11) is 1.17. The Morgan fingerprint density at radius 2 is 1.66 bits per heavy atom. The number of esters is 1. The van der Waals surface area contributed by atoms with Crippen LogP contribution in [0.25, 0.3) is 0 Å². The molecule has 0 unspecified atom stereocenters. The number of piperazine rings is 1. The molecule has 1 aliphatic rings. The maximum atomic E-state index is 12.0. The molecule has 1 saturated heterocycles. The Bertz CT molecular complexity index is 832. The summed E-state index contributed by atoms with van der Waals surface area (Å²) in [5.41, 5.74) is 1.93. The minimum absolute atomic E-state index is 0.00721. The number of aryl methyl sites for hydroxylation is 1. The van der Waals surface area contributed by atoms with E-state index in [0.29, 0.717) is 24.3 Å². The van der Waals surface area contributed by atoms with E-state index in [1.165, 1.54) is 19.4 Å². The lowest BCUT2D eigenvalue weighted by atomic mass is 10.2. The van der Waals surface area contributed by atoms with Crippen LogP contribution in [-0.4, -0.2) is 96.4 Å². The van der Waals surface area contributed by atoms with E-state index in [-0.39, 0.29) is 25.1 Å². The fraction of sp³-hybridized carbons (Fsp3) is 0.625. The molecule has 0 aliphatic carbocycles. The second-order valence-electron chi connectivity index (χ2n) is 8.64. The van der Waals surface area contributed by atoms with Gasteiger partial charge in [0, 0.05) is 58.1 Å². The number of nitrogens with zero attached hydrogens (tertiary/aromatic N) is 2. The second kappa shape index (κ2) is 15.5. The van der Waals surface area contributed by atoms with Gasteiger partial charge < -0.3 is 29.0 Å². The van der Waals surface area contributed by atoms with Crippen molar-refractivity contribution in [2.24, 2.45) is 0 Å². The van der Waals surface area contributed by atoms with E-state index in [1.54, 1.807) is 25.3 Å². The molecule has 0 bridgehead atoms. The van der Waals surface area contributed by atoms with Gasteiger partial charge in [0.15, 0.2) is 0 Å². The van der Waals surface area contributed by atoms with Crippen LogP contribution in [0.3, 0.4) is 0 Å². The van der Waals surface area contributed by atoms with Crippen LogP contribution in [-0.2, 0) is 23.5 Å². The molecule has 2 rings (SSSR count). The quantitative estimate of drug-likeness (QED) is 0.238.